The molecular formula is C38H40O20. The van der Waals surface area contributed by atoms with E-state index < -0.39 is 109 Å². The van der Waals surface area contributed by atoms with Gasteiger partial charge in [-0.3, -0.25) is 4.79 Å². The van der Waals surface area contributed by atoms with Gasteiger partial charge in [0.1, 0.15) is 77.6 Å². The van der Waals surface area contributed by atoms with E-state index in [0.29, 0.717) is 5.56 Å². The highest BCUT2D eigenvalue weighted by molar-refractivity contribution is 5.88. The molecule has 0 saturated carbocycles. The largest absolute Gasteiger partial charge is 0.508 e. The highest BCUT2D eigenvalue weighted by Gasteiger charge is 2.52. The molecule has 58 heavy (non-hydrogen) atoms. The first-order valence-electron chi connectivity index (χ1n) is 17.4. The summed E-state index contributed by atoms with van der Waals surface area (Å²) in [6.45, 7) is -1.60. The van der Waals surface area contributed by atoms with Gasteiger partial charge in [-0.05, 0) is 48.0 Å². The van der Waals surface area contributed by atoms with Crippen LogP contribution in [-0.4, -0.2) is 146 Å². The standard InChI is InChI=1S/C38H40O20/c1-51-21-9-15(10-22(52-2)27(21)44)3-8-25(43)53-14-24-29(46)31(48)33(50)37(56-24)58-36-32(49)28(45)23(13-39)55-38(36)57-35-30(47)26-19(42)11-18(41)12-20(26)54-34(35)16-4-6-17(40)7-5-16/h3-12,23-24,28-29,31-33,36-42,44-46,48-50H,13-14H2,1-2H3/b8-3+/t23?,24?,28-,29-,31?,32?,33?,36+,37+,38-/m0/s1. The summed E-state index contributed by atoms with van der Waals surface area (Å²) in [5.74, 6) is -3.44. The van der Waals surface area contributed by atoms with Crippen molar-refractivity contribution in [3.05, 3.63) is 70.4 Å². The summed E-state index contributed by atoms with van der Waals surface area (Å²) in [4.78, 5) is 26.6. The summed E-state index contributed by atoms with van der Waals surface area (Å²) in [5, 5.41) is 104. The molecule has 10 N–H and O–H groups in total. The molecule has 0 radical (unpaired) electrons. The van der Waals surface area contributed by atoms with E-state index in [0.717, 1.165) is 18.2 Å². The van der Waals surface area contributed by atoms with Gasteiger partial charge in [-0.25, -0.2) is 4.79 Å². The van der Waals surface area contributed by atoms with Crippen molar-refractivity contribution in [2.75, 3.05) is 27.4 Å². The fraction of sp³-hybridized carbons (Fsp3) is 0.368. The van der Waals surface area contributed by atoms with Gasteiger partial charge >= 0.3 is 5.97 Å². The molecule has 20 nitrogen and oxygen atoms in total. The molecule has 2 fully saturated rings. The highest BCUT2D eigenvalue weighted by Crippen LogP contribution is 2.39. The molecule has 312 valence electrons. The molecule has 2 aliphatic heterocycles. The van der Waals surface area contributed by atoms with Gasteiger partial charge < -0.3 is 88.6 Å². The quantitative estimate of drug-likeness (QED) is 0.0640. The Labute approximate surface area is 327 Å². The lowest BCUT2D eigenvalue weighted by molar-refractivity contribution is -0.358. The number of aromatic hydroxyl groups is 4. The van der Waals surface area contributed by atoms with Crippen LogP contribution < -0.4 is 19.6 Å². The average molecular weight is 817 g/mol. The van der Waals surface area contributed by atoms with E-state index in [4.69, 9.17) is 37.6 Å². The lowest BCUT2D eigenvalue weighted by Gasteiger charge is -2.45. The third-order valence-corrected chi connectivity index (χ3v) is 9.37. The molecule has 0 spiro atoms. The van der Waals surface area contributed by atoms with Crippen LogP contribution in [0.4, 0.5) is 0 Å². The topological polar surface area (TPSA) is 314 Å². The van der Waals surface area contributed by atoms with Gasteiger partial charge in [0.2, 0.25) is 23.2 Å². The van der Waals surface area contributed by atoms with Crippen molar-refractivity contribution in [2.45, 2.75) is 61.4 Å². The molecule has 0 amide bonds. The number of benzene rings is 3. The van der Waals surface area contributed by atoms with Gasteiger partial charge in [-0.15, -0.1) is 0 Å². The highest BCUT2D eigenvalue weighted by atomic mass is 16.8. The minimum atomic E-state index is -2.05. The van der Waals surface area contributed by atoms with Crippen LogP contribution >= 0.6 is 0 Å². The SMILES string of the molecule is COc1cc(/C=C/C(=O)OCC2O[C@H](O[C@@H]3C(O)[C@@H](O)C(CO)O[C@H]3Oc3c(-c4ccc(O)cc4)oc4cc(O)cc(O)c4c3=O)C(O)C(O)[C@H]2O)cc(OC)c1O. The monoisotopic (exact) mass is 816 g/mol. The number of fused-ring (bicyclic) bond motifs is 1. The van der Waals surface area contributed by atoms with Crippen molar-refractivity contribution in [1.29, 1.82) is 0 Å². The van der Waals surface area contributed by atoms with E-state index in [9.17, 15) is 60.7 Å². The van der Waals surface area contributed by atoms with Crippen molar-refractivity contribution in [2.24, 2.45) is 0 Å². The minimum absolute atomic E-state index is 0.0594. The molecule has 3 aromatic carbocycles. The van der Waals surface area contributed by atoms with Gasteiger partial charge in [-0.1, -0.05) is 0 Å². The average Bonchev–Trinajstić information content (AvgIpc) is 3.20. The summed E-state index contributed by atoms with van der Waals surface area (Å²) < 4.78 is 44.4. The van der Waals surface area contributed by atoms with E-state index in [-0.39, 0.29) is 39.9 Å². The van der Waals surface area contributed by atoms with Gasteiger partial charge in [0.15, 0.2) is 29.7 Å². The Morgan fingerprint density at radius 3 is 2.05 bits per heavy atom. The van der Waals surface area contributed by atoms with Gasteiger partial charge in [0.25, 0.3) is 0 Å². The number of phenolic OH excluding ortho intramolecular Hbond substituents is 4. The molecule has 10 atom stereocenters. The van der Waals surface area contributed by atoms with Crippen LogP contribution in [0.5, 0.6) is 40.2 Å². The zero-order valence-electron chi connectivity index (χ0n) is 30.5. The van der Waals surface area contributed by atoms with Crippen molar-refractivity contribution in [3.8, 4) is 51.6 Å². The van der Waals surface area contributed by atoms with Crippen LogP contribution in [0.3, 0.4) is 0 Å². The minimum Gasteiger partial charge on any atom is -0.508 e. The van der Waals surface area contributed by atoms with Crippen molar-refractivity contribution in [1.82, 2.24) is 0 Å². The van der Waals surface area contributed by atoms with Gasteiger partial charge in [-0.2, -0.15) is 0 Å². The number of phenols is 4. The second kappa shape index (κ2) is 17.4. The molecule has 3 heterocycles. The molecule has 0 aliphatic carbocycles. The van der Waals surface area contributed by atoms with E-state index in [1.807, 2.05) is 0 Å². The maximum absolute atomic E-state index is 14.0. The lowest BCUT2D eigenvalue weighted by Crippen LogP contribution is -2.65. The third-order valence-electron chi connectivity index (χ3n) is 9.37. The number of carbonyl (C=O) groups is 1. The van der Waals surface area contributed by atoms with Crippen LogP contribution in [0.2, 0.25) is 0 Å². The second-order valence-corrected chi connectivity index (χ2v) is 13.2. The Morgan fingerprint density at radius 1 is 0.776 bits per heavy atom. The van der Waals surface area contributed by atoms with Crippen molar-refractivity contribution < 1.29 is 93.4 Å². The Morgan fingerprint density at radius 2 is 1.41 bits per heavy atom. The number of carbonyl (C=O) groups excluding carboxylic acids is 1. The zero-order chi connectivity index (χ0) is 42.0. The molecule has 4 aromatic rings. The fourth-order valence-corrected chi connectivity index (χ4v) is 6.30. The number of methoxy groups -OCH3 is 2. The van der Waals surface area contributed by atoms with Crippen LogP contribution in [-0.2, 0) is 23.7 Å². The third kappa shape index (κ3) is 8.45. The van der Waals surface area contributed by atoms with E-state index in [1.54, 1.807) is 0 Å². The number of ether oxygens (including phenoxy) is 7. The first kappa shape index (κ1) is 41.9. The van der Waals surface area contributed by atoms with Crippen LogP contribution in [0.1, 0.15) is 5.56 Å². The number of hydrogen-bond donors (Lipinski definition) is 10. The van der Waals surface area contributed by atoms with E-state index in [1.165, 1.54) is 56.7 Å². The second-order valence-electron chi connectivity index (χ2n) is 13.2. The van der Waals surface area contributed by atoms with Crippen molar-refractivity contribution >= 4 is 23.0 Å². The normalized spacial score (nSPS) is 27.4. The number of aliphatic hydroxyl groups excluding tert-OH is 6. The molecule has 20 heteroatoms. The molecule has 1 aromatic heterocycles. The Hall–Kier alpha value is -5.68. The van der Waals surface area contributed by atoms with Crippen LogP contribution in [0.25, 0.3) is 28.4 Å². The van der Waals surface area contributed by atoms with Crippen LogP contribution in [0, 0.1) is 0 Å². The zero-order valence-corrected chi connectivity index (χ0v) is 30.5. The lowest BCUT2D eigenvalue weighted by atomic mass is 9.97. The first-order chi connectivity index (χ1) is 27.6. The smallest absolute Gasteiger partial charge is 0.330 e. The Bertz CT molecular complexity index is 2160. The predicted molar refractivity (Wildman–Crippen MR) is 194 cm³/mol. The molecule has 5 unspecified atom stereocenters. The molecular weight excluding hydrogens is 776 g/mol. The number of esters is 1. The Kier molecular flexibility index (Phi) is 12.6. The number of hydrogen-bond acceptors (Lipinski definition) is 20. The predicted octanol–water partition coefficient (Wildman–Crippen LogP) is -0.433. The van der Waals surface area contributed by atoms with E-state index in [2.05, 4.69) is 0 Å². The summed E-state index contributed by atoms with van der Waals surface area (Å²) >= 11 is 0. The summed E-state index contributed by atoms with van der Waals surface area (Å²) in [6, 6.07) is 9.91. The van der Waals surface area contributed by atoms with E-state index >= 15 is 0 Å². The summed E-state index contributed by atoms with van der Waals surface area (Å²) in [7, 11) is 2.63. The van der Waals surface area contributed by atoms with Crippen LogP contribution in [0.15, 0.2) is 63.8 Å². The summed E-state index contributed by atoms with van der Waals surface area (Å²) in [6.07, 6.45) is -16.5. The maximum Gasteiger partial charge on any atom is 0.330 e. The number of aliphatic hydroxyl groups is 6. The van der Waals surface area contributed by atoms with Gasteiger partial charge in [0.05, 0.1) is 20.8 Å². The Balaban J connectivity index is 1.26. The number of rotatable bonds is 12. The van der Waals surface area contributed by atoms with Gasteiger partial charge in [0, 0.05) is 23.8 Å². The van der Waals surface area contributed by atoms with Crippen molar-refractivity contribution in [3.63, 3.8) is 0 Å². The first-order valence-corrected chi connectivity index (χ1v) is 17.4. The molecule has 0 bridgehead atoms. The maximum atomic E-state index is 14.0. The molecule has 2 aliphatic rings. The molecule has 2 saturated heterocycles. The molecule has 6 rings (SSSR count). The fourth-order valence-electron chi connectivity index (χ4n) is 6.30. The summed E-state index contributed by atoms with van der Waals surface area (Å²) in [5.41, 5.74) is -0.821.